The van der Waals surface area contributed by atoms with Crippen LogP contribution >= 0.6 is 24.2 Å². The van der Waals surface area contributed by atoms with Crippen molar-refractivity contribution in [2.45, 2.75) is 13.3 Å². The highest BCUT2D eigenvalue weighted by molar-refractivity contribution is 7.83. The fraction of sp³-hybridized carbons (Fsp3) is 0.200. The van der Waals surface area contributed by atoms with Gasteiger partial charge in [-0.1, -0.05) is 31.9 Å². The first-order chi connectivity index (χ1) is 10.9. The largest absolute Gasteiger partial charge is 0.366 e. The van der Waals surface area contributed by atoms with E-state index in [2.05, 4.69) is 18.1 Å². The molecule has 1 aromatic heterocycles. The van der Waals surface area contributed by atoms with Gasteiger partial charge in [0, 0.05) is 11.4 Å². The molecule has 2 aromatic rings. The number of urea groups is 1. The van der Waals surface area contributed by atoms with Gasteiger partial charge in [-0.3, -0.25) is 4.79 Å². The fourth-order valence-corrected chi connectivity index (χ4v) is 3.25. The molecule has 0 saturated heterocycles. The van der Waals surface area contributed by atoms with Gasteiger partial charge in [0.15, 0.2) is 0 Å². The van der Waals surface area contributed by atoms with Gasteiger partial charge in [0.05, 0.1) is 5.56 Å². The number of amides is 3. The van der Waals surface area contributed by atoms with Gasteiger partial charge in [0.25, 0.3) is 5.91 Å². The Balaban J connectivity index is 2.37. The minimum absolute atomic E-state index is 0.191. The third kappa shape index (κ3) is 4.02. The van der Waals surface area contributed by atoms with Crippen molar-refractivity contribution < 1.29 is 14.0 Å². The monoisotopic (exact) mass is 353 g/mol. The fourth-order valence-electron chi connectivity index (χ4n) is 1.87. The number of nitrogens with one attached hydrogen (secondary N) is 1. The normalized spacial score (nSPS) is 10.4. The SMILES string of the molecule is CCCNC(=O)N(S)c1sc(-c2ccc(F)cc2)cc1C(N)=O. The van der Waals surface area contributed by atoms with E-state index >= 15 is 0 Å². The first-order valence-corrected chi connectivity index (χ1v) is 8.12. The molecule has 0 aliphatic heterocycles. The summed E-state index contributed by atoms with van der Waals surface area (Å²) in [5, 5.41) is 3.00. The van der Waals surface area contributed by atoms with Crippen LogP contribution in [0.3, 0.4) is 0 Å². The van der Waals surface area contributed by atoms with Crippen LogP contribution < -0.4 is 15.4 Å². The number of thiol groups is 1. The lowest BCUT2D eigenvalue weighted by atomic mass is 10.1. The second-order valence-corrected chi connectivity index (χ2v) is 6.18. The maximum absolute atomic E-state index is 13.0. The van der Waals surface area contributed by atoms with Gasteiger partial charge in [-0.25, -0.2) is 13.5 Å². The molecular weight excluding hydrogens is 337 g/mol. The van der Waals surface area contributed by atoms with Crippen molar-refractivity contribution in [3.8, 4) is 10.4 Å². The summed E-state index contributed by atoms with van der Waals surface area (Å²) >= 11 is 5.34. The van der Waals surface area contributed by atoms with Crippen molar-refractivity contribution in [3.05, 3.63) is 41.7 Å². The van der Waals surface area contributed by atoms with Crippen LogP contribution in [0.1, 0.15) is 23.7 Å². The highest BCUT2D eigenvalue weighted by Gasteiger charge is 2.22. The summed E-state index contributed by atoms with van der Waals surface area (Å²) in [6.45, 7) is 2.42. The van der Waals surface area contributed by atoms with E-state index in [9.17, 15) is 14.0 Å². The minimum atomic E-state index is -0.660. The van der Waals surface area contributed by atoms with Gasteiger partial charge in [0.1, 0.15) is 10.8 Å². The number of rotatable bonds is 5. The first-order valence-electron chi connectivity index (χ1n) is 6.90. The van der Waals surface area contributed by atoms with Gasteiger partial charge in [-0.05, 0) is 30.2 Å². The minimum Gasteiger partial charge on any atom is -0.366 e. The van der Waals surface area contributed by atoms with Crippen LogP contribution in [0.4, 0.5) is 14.2 Å². The molecule has 1 heterocycles. The Morgan fingerprint density at radius 1 is 1.35 bits per heavy atom. The van der Waals surface area contributed by atoms with E-state index in [0.29, 0.717) is 16.4 Å². The molecule has 122 valence electrons. The number of nitrogens with two attached hydrogens (primary N) is 1. The van der Waals surface area contributed by atoms with E-state index in [1.165, 1.54) is 23.5 Å². The molecule has 0 bridgehead atoms. The Kier molecular flexibility index (Phi) is 5.62. The standard InChI is InChI=1S/C15H16FN3O2S2/c1-2-7-18-15(21)19(22)14-11(13(17)20)8-12(23-14)9-3-5-10(16)6-4-9/h3-6,8,22H,2,7H2,1H3,(H2,17,20)(H,18,21). The quantitative estimate of drug-likeness (QED) is 0.721. The van der Waals surface area contributed by atoms with Crippen LogP contribution in [-0.2, 0) is 0 Å². The summed E-state index contributed by atoms with van der Waals surface area (Å²) in [5.74, 6) is -1.01. The molecular formula is C15H16FN3O2S2. The van der Waals surface area contributed by atoms with Crippen molar-refractivity contribution in [1.82, 2.24) is 5.32 Å². The van der Waals surface area contributed by atoms with Crippen molar-refractivity contribution >= 4 is 41.1 Å². The van der Waals surface area contributed by atoms with E-state index in [1.54, 1.807) is 18.2 Å². The van der Waals surface area contributed by atoms with Crippen molar-refractivity contribution in [2.75, 3.05) is 10.8 Å². The molecule has 0 aliphatic carbocycles. The highest BCUT2D eigenvalue weighted by atomic mass is 32.1. The van der Waals surface area contributed by atoms with E-state index in [-0.39, 0.29) is 11.4 Å². The molecule has 3 N–H and O–H groups in total. The molecule has 23 heavy (non-hydrogen) atoms. The number of hydrogen-bond donors (Lipinski definition) is 3. The second kappa shape index (κ2) is 7.47. The van der Waals surface area contributed by atoms with Gasteiger partial charge >= 0.3 is 6.03 Å². The van der Waals surface area contributed by atoms with Gasteiger partial charge < -0.3 is 11.1 Å². The average Bonchev–Trinajstić information content (AvgIpc) is 2.98. The molecule has 0 fully saturated rings. The maximum Gasteiger partial charge on any atom is 0.332 e. The van der Waals surface area contributed by atoms with Crippen LogP contribution in [-0.4, -0.2) is 18.5 Å². The van der Waals surface area contributed by atoms with Crippen LogP contribution in [0.15, 0.2) is 30.3 Å². The summed E-state index contributed by atoms with van der Waals surface area (Å²) in [6.07, 6.45) is 0.779. The smallest absolute Gasteiger partial charge is 0.332 e. The molecule has 1 aromatic carbocycles. The van der Waals surface area contributed by atoms with E-state index in [0.717, 1.165) is 16.3 Å². The number of thiophene rings is 1. The van der Waals surface area contributed by atoms with E-state index < -0.39 is 11.9 Å². The van der Waals surface area contributed by atoms with E-state index in [1.807, 2.05) is 6.92 Å². The van der Waals surface area contributed by atoms with Crippen molar-refractivity contribution in [1.29, 1.82) is 0 Å². The van der Waals surface area contributed by atoms with Crippen LogP contribution in [0, 0.1) is 5.82 Å². The molecule has 0 atom stereocenters. The number of hydrogen-bond acceptors (Lipinski definition) is 4. The zero-order valence-corrected chi connectivity index (χ0v) is 14.1. The Hall–Kier alpha value is -2.06. The third-order valence-electron chi connectivity index (χ3n) is 3.02. The van der Waals surface area contributed by atoms with Gasteiger partial charge in [-0.2, -0.15) is 0 Å². The Morgan fingerprint density at radius 2 is 2.00 bits per heavy atom. The predicted octanol–water partition coefficient (Wildman–Crippen LogP) is 3.42. The number of carbonyl (C=O) groups excluding carboxylic acids is 2. The molecule has 0 unspecified atom stereocenters. The molecule has 2 rings (SSSR count). The van der Waals surface area contributed by atoms with Crippen LogP contribution in [0.5, 0.6) is 0 Å². The first kappa shape index (κ1) is 17.3. The zero-order chi connectivity index (χ0) is 17.0. The Bertz CT molecular complexity index is 716. The number of benzene rings is 1. The topological polar surface area (TPSA) is 75.4 Å². The van der Waals surface area contributed by atoms with Crippen molar-refractivity contribution in [2.24, 2.45) is 5.73 Å². The van der Waals surface area contributed by atoms with E-state index in [4.69, 9.17) is 5.73 Å². The Morgan fingerprint density at radius 3 is 2.57 bits per heavy atom. The summed E-state index contributed by atoms with van der Waals surface area (Å²) < 4.78 is 14.1. The number of primary amides is 1. The summed E-state index contributed by atoms with van der Waals surface area (Å²) in [5.41, 5.74) is 6.30. The lowest BCUT2D eigenvalue weighted by molar-refractivity contribution is 0.100. The molecule has 0 spiro atoms. The van der Waals surface area contributed by atoms with Crippen LogP contribution in [0.2, 0.25) is 0 Å². The number of anilines is 1. The zero-order valence-electron chi connectivity index (χ0n) is 12.4. The molecule has 0 aliphatic rings. The second-order valence-electron chi connectivity index (χ2n) is 4.74. The maximum atomic E-state index is 13.0. The average molecular weight is 353 g/mol. The summed E-state index contributed by atoms with van der Waals surface area (Å²) in [7, 11) is 0. The summed E-state index contributed by atoms with van der Waals surface area (Å²) in [6, 6.07) is 6.97. The lowest BCUT2D eigenvalue weighted by Crippen LogP contribution is -2.34. The number of halogens is 1. The molecule has 8 heteroatoms. The predicted molar refractivity (Wildman–Crippen MR) is 93.4 cm³/mol. The molecule has 3 amide bonds. The molecule has 0 radical (unpaired) electrons. The number of nitrogens with zero attached hydrogens (tertiary/aromatic N) is 1. The highest BCUT2D eigenvalue weighted by Crippen LogP contribution is 2.38. The third-order valence-corrected chi connectivity index (χ3v) is 4.70. The van der Waals surface area contributed by atoms with Crippen molar-refractivity contribution in [3.63, 3.8) is 0 Å². The van der Waals surface area contributed by atoms with Crippen LogP contribution in [0.25, 0.3) is 10.4 Å². The number of carbonyl (C=O) groups is 2. The molecule has 0 saturated carbocycles. The van der Waals surface area contributed by atoms with Gasteiger partial charge in [-0.15, -0.1) is 11.3 Å². The summed E-state index contributed by atoms with van der Waals surface area (Å²) in [4.78, 5) is 24.3. The van der Waals surface area contributed by atoms with Gasteiger partial charge in [0.2, 0.25) is 0 Å². The molecule has 5 nitrogen and oxygen atoms in total. The lowest BCUT2D eigenvalue weighted by Gasteiger charge is -2.15. The Labute approximate surface area is 142 Å².